The molecular weight excluding hydrogens is 383 g/mol. The lowest BCUT2D eigenvalue weighted by Crippen LogP contribution is -2.16. The summed E-state index contributed by atoms with van der Waals surface area (Å²) in [4.78, 5) is 12.4. The number of hydrogen-bond donors (Lipinski definition) is 1. The Bertz CT molecular complexity index is 925. The summed E-state index contributed by atoms with van der Waals surface area (Å²) in [6.07, 6.45) is -4.72. The Kier molecular flexibility index (Phi) is 5.36. The molecule has 1 N–H and O–H groups in total. The lowest BCUT2D eigenvalue weighted by atomic mass is 10.1. The third-order valence-electron chi connectivity index (χ3n) is 3.38. The van der Waals surface area contributed by atoms with Gasteiger partial charge in [-0.2, -0.15) is 5.21 Å². The number of carbonyl (C=O) groups excluding carboxylic acids is 1. The molecule has 3 aromatic rings. The van der Waals surface area contributed by atoms with Crippen LogP contribution in [-0.4, -0.2) is 34.9 Å². The molecule has 1 heterocycles. The van der Waals surface area contributed by atoms with Crippen molar-refractivity contribution in [2.45, 2.75) is 16.3 Å². The first-order valence-electron chi connectivity index (χ1n) is 7.49. The highest BCUT2D eigenvalue weighted by molar-refractivity contribution is 7.99. The minimum atomic E-state index is -4.72. The van der Waals surface area contributed by atoms with Crippen molar-refractivity contribution < 1.29 is 27.4 Å². The number of esters is 1. The van der Waals surface area contributed by atoms with E-state index in [1.807, 2.05) is 0 Å². The number of carbonyl (C=O) groups is 1. The molecule has 0 unspecified atom stereocenters. The molecule has 2 aromatic carbocycles. The topological polar surface area (TPSA) is 77.1 Å². The summed E-state index contributed by atoms with van der Waals surface area (Å²) in [5.74, 6) is -0.871. The van der Waals surface area contributed by atoms with Crippen molar-refractivity contribution in [2.75, 3.05) is 7.11 Å². The Morgan fingerprint density at radius 2 is 1.59 bits per heavy atom. The molecule has 0 fully saturated rings. The molecule has 3 rings (SSSR count). The maximum absolute atomic E-state index is 12.2. The molecule has 0 aliphatic rings. The van der Waals surface area contributed by atoms with Gasteiger partial charge >= 0.3 is 12.3 Å². The van der Waals surface area contributed by atoms with E-state index in [9.17, 15) is 18.0 Å². The van der Waals surface area contributed by atoms with E-state index in [-0.39, 0.29) is 11.4 Å². The average molecular weight is 395 g/mol. The monoisotopic (exact) mass is 395 g/mol. The maximum Gasteiger partial charge on any atom is 0.573 e. The second-order valence-corrected chi connectivity index (χ2v) is 6.23. The number of halogens is 3. The van der Waals surface area contributed by atoms with Gasteiger partial charge in [0, 0.05) is 4.90 Å². The smallest absolute Gasteiger partial charge is 0.464 e. The molecule has 0 spiro atoms. The van der Waals surface area contributed by atoms with Crippen LogP contribution in [0.1, 0.15) is 10.5 Å². The molecule has 140 valence electrons. The molecule has 0 radical (unpaired) electrons. The lowest BCUT2D eigenvalue weighted by molar-refractivity contribution is -0.274. The first kappa shape index (κ1) is 18.8. The van der Waals surface area contributed by atoms with Crippen LogP contribution < -0.4 is 4.74 Å². The SMILES string of the molecule is COC(=O)c1n[nH]nc1Sc1ccc(-c2ccc(OC(F)(F)F)cc2)cc1. The minimum absolute atomic E-state index is 0.0897. The highest BCUT2D eigenvalue weighted by atomic mass is 32.2. The number of alkyl halides is 3. The van der Waals surface area contributed by atoms with Crippen LogP contribution >= 0.6 is 11.8 Å². The molecule has 0 saturated heterocycles. The van der Waals surface area contributed by atoms with Gasteiger partial charge in [-0.1, -0.05) is 36.0 Å². The van der Waals surface area contributed by atoms with Crippen molar-refractivity contribution >= 4 is 17.7 Å². The highest BCUT2D eigenvalue weighted by Crippen LogP contribution is 2.31. The summed E-state index contributed by atoms with van der Waals surface area (Å²) < 4.78 is 45.1. The summed E-state index contributed by atoms with van der Waals surface area (Å²) >= 11 is 1.23. The van der Waals surface area contributed by atoms with Crippen LogP contribution in [0.4, 0.5) is 13.2 Å². The van der Waals surface area contributed by atoms with Crippen molar-refractivity contribution in [3.63, 3.8) is 0 Å². The summed E-state index contributed by atoms with van der Waals surface area (Å²) in [5.41, 5.74) is 1.64. The zero-order valence-corrected chi connectivity index (χ0v) is 14.6. The number of hydrogen-bond acceptors (Lipinski definition) is 6. The van der Waals surface area contributed by atoms with E-state index in [2.05, 4.69) is 24.9 Å². The largest absolute Gasteiger partial charge is 0.573 e. The summed E-state index contributed by atoms with van der Waals surface area (Å²) in [7, 11) is 1.26. The van der Waals surface area contributed by atoms with Gasteiger partial charge in [0.05, 0.1) is 7.11 Å². The number of nitrogens with one attached hydrogen (secondary N) is 1. The van der Waals surface area contributed by atoms with Gasteiger partial charge in [0.1, 0.15) is 5.75 Å². The van der Waals surface area contributed by atoms with E-state index in [4.69, 9.17) is 0 Å². The third-order valence-corrected chi connectivity index (χ3v) is 4.37. The van der Waals surface area contributed by atoms with E-state index >= 15 is 0 Å². The normalized spacial score (nSPS) is 11.3. The van der Waals surface area contributed by atoms with Gasteiger partial charge in [-0.15, -0.1) is 23.4 Å². The first-order chi connectivity index (χ1) is 12.9. The molecule has 6 nitrogen and oxygen atoms in total. The van der Waals surface area contributed by atoms with Gasteiger partial charge in [-0.3, -0.25) is 0 Å². The van der Waals surface area contributed by atoms with Crippen molar-refractivity contribution in [2.24, 2.45) is 0 Å². The highest BCUT2D eigenvalue weighted by Gasteiger charge is 2.30. The molecule has 0 aliphatic carbocycles. The minimum Gasteiger partial charge on any atom is -0.464 e. The molecule has 0 amide bonds. The van der Waals surface area contributed by atoms with Crippen LogP contribution in [0.3, 0.4) is 0 Å². The van der Waals surface area contributed by atoms with Gasteiger partial charge in [-0.05, 0) is 35.4 Å². The van der Waals surface area contributed by atoms with E-state index in [1.54, 1.807) is 24.3 Å². The van der Waals surface area contributed by atoms with Crippen molar-refractivity contribution in [1.82, 2.24) is 15.4 Å². The first-order valence-corrected chi connectivity index (χ1v) is 8.30. The van der Waals surface area contributed by atoms with Crippen molar-refractivity contribution in [1.29, 1.82) is 0 Å². The van der Waals surface area contributed by atoms with Gasteiger partial charge in [-0.25, -0.2) is 4.79 Å². The fourth-order valence-electron chi connectivity index (χ4n) is 2.20. The molecular formula is C17H12F3N3O3S. The van der Waals surface area contributed by atoms with Crippen molar-refractivity contribution in [3.05, 3.63) is 54.2 Å². The number of aromatic nitrogens is 3. The van der Waals surface area contributed by atoms with Crippen LogP contribution in [0.2, 0.25) is 0 Å². The molecule has 27 heavy (non-hydrogen) atoms. The molecule has 0 bridgehead atoms. The number of methoxy groups -OCH3 is 1. The molecule has 10 heteroatoms. The van der Waals surface area contributed by atoms with Crippen LogP contribution in [0.25, 0.3) is 11.1 Å². The second-order valence-electron chi connectivity index (χ2n) is 5.17. The second kappa shape index (κ2) is 7.70. The van der Waals surface area contributed by atoms with Crippen LogP contribution in [0.5, 0.6) is 5.75 Å². The number of rotatable bonds is 5. The summed E-state index contributed by atoms with van der Waals surface area (Å²) in [6.45, 7) is 0. The Morgan fingerprint density at radius 1 is 1.00 bits per heavy atom. The summed E-state index contributed by atoms with van der Waals surface area (Å²) in [6, 6.07) is 12.8. The zero-order chi connectivity index (χ0) is 19.4. The van der Waals surface area contributed by atoms with E-state index in [0.29, 0.717) is 5.03 Å². The quantitative estimate of drug-likeness (QED) is 0.649. The number of aromatic amines is 1. The van der Waals surface area contributed by atoms with Crippen molar-refractivity contribution in [3.8, 4) is 16.9 Å². The van der Waals surface area contributed by atoms with Gasteiger partial charge < -0.3 is 9.47 Å². The number of H-pyrrole nitrogens is 1. The number of ether oxygens (including phenoxy) is 2. The maximum atomic E-state index is 12.2. The van der Waals surface area contributed by atoms with E-state index in [1.165, 1.54) is 43.1 Å². The zero-order valence-electron chi connectivity index (χ0n) is 13.8. The molecule has 0 saturated carbocycles. The molecule has 0 atom stereocenters. The predicted molar refractivity (Wildman–Crippen MR) is 90.4 cm³/mol. The third kappa shape index (κ3) is 4.79. The fraction of sp³-hybridized carbons (Fsp3) is 0.118. The Hall–Kier alpha value is -3.01. The fourth-order valence-corrected chi connectivity index (χ4v) is 3.01. The Balaban J connectivity index is 1.72. The molecule has 1 aromatic heterocycles. The standard InChI is InChI=1S/C17H12F3N3O3S/c1-25-16(24)14-15(22-23-21-14)27-13-8-4-11(5-9-13)10-2-6-12(7-3-10)26-17(18,19)20/h2-9H,1H3,(H,21,22,23). The van der Waals surface area contributed by atoms with E-state index in [0.717, 1.165) is 16.0 Å². The van der Waals surface area contributed by atoms with Crippen LogP contribution in [0.15, 0.2) is 58.5 Å². The number of benzene rings is 2. The average Bonchev–Trinajstić information content (AvgIpc) is 3.09. The van der Waals surface area contributed by atoms with Gasteiger partial charge in [0.2, 0.25) is 5.69 Å². The molecule has 0 aliphatic heterocycles. The van der Waals surface area contributed by atoms with Gasteiger partial charge in [0.15, 0.2) is 5.03 Å². The van der Waals surface area contributed by atoms with Gasteiger partial charge in [0.25, 0.3) is 0 Å². The summed E-state index contributed by atoms with van der Waals surface area (Å²) in [5, 5.41) is 10.4. The Morgan fingerprint density at radius 3 is 2.15 bits per heavy atom. The van der Waals surface area contributed by atoms with Crippen LogP contribution in [-0.2, 0) is 4.74 Å². The van der Waals surface area contributed by atoms with Crippen LogP contribution in [0, 0.1) is 0 Å². The lowest BCUT2D eigenvalue weighted by Gasteiger charge is -2.09. The Labute approximate surface area is 155 Å². The predicted octanol–water partition coefficient (Wildman–Crippen LogP) is 4.31. The van der Waals surface area contributed by atoms with E-state index < -0.39 is 12.3 Å². The number of nitrogens with zero attached hydrogens (tertiary/aromatic N) is 2.